The maximum Gasteiger partial charge on any atom is 0.0467 e. The van der Waals surface area contributed by atoms with Crippen molar-refractivity contribution < 1.29 is 0 Å². The molecule has 358 valence electrons. The summed E-state index contributed by atoms with van der Waals surface area (Å²) >= 11 is 0. The Balaban J connectivity index is 1.04. The molecule has 0 amide bonds. The van der Waals surface area contributed by atoms with E-state index >= 15 is 0 Å². The van der Waals surface area contributed by atoms with Crippen LogP contribution in [0.1, 0.15) is 189 Å². The summed E-state index contributed by atoms with van der Waals surface area (Å²) in [6.45, 7) is 18.8. The molecule has 2 saturated carbocycles. The summed E-state index contributed by atoms with van der Waals surface area (Å²) in [7, 11) is 0. The second kappa shape index (κ2) is 18.5. The van der Waals surface area contributed by atoms with Gasteiger partial charge in [0.05, 0.1) is 0 Å². The van der Waals surface area contributed by atoms with E-state index in [1.54, 1.807) is 22.3 Å². The molecule has 0 spiro atoms. The predicted molar refractivity (Wildman–Crippen MR) is 301 cm³/mol. The number of nitrogens with zero attached hydrogens (tertiary/aromatic N) is 1. The number of aryl methyl sites for hydroxylation is 1. The molecule has 70 heavy (non-hydrogen) atoms. The van der Waals surface area contributed by atoms with Crippen LogP contribution in [0.25, 0.3) is 44.5 Å². The van der Waals surface area contributed by atoms with Gasteiger partial charge in [-0.1, -0.05) is 191 Å². The van der Waals surface area contributed by atoms with Crippen LogP contribution < -0.4 is 4.90 Å². The van der Waals surface area contributed by atoms with Crippen molar-refractivity contribution >= 4 is 17.1 Å². The fraction of sp³-hybridized carbons (Fsp3) is 0.391. The van der Waals surface area contributed by atoms with E-state index in [1.165, 1.54) is 161 Å². The number of rotatable bonds is 8. The van der Waals surface area contributed by atoms with Gasteiger partial charge in [0.2, 0.25) is 0 Å². The van der Waals surface area contributed by atoms with Gasteiger partial charge in [-0.15, -0.1) is 0 Å². The normalized spacial score (nSPS) is 17.2. The van der Waals surface area contributed by atoms with Crippen LogP contribution in [-0.2, 0) is 29.1 Å². The summed E-state index contributed by atoms with van der Waals surface area (Å²) in [6, 6.07) is 55.6. The molecule has 0 heterocycles. The number of benzene rings is 7. The highest BCUT2D eigenvalue weighted by Crippen LogP contribution is 2.51. The Morgan fingerprint density at radius 2 is 0.971 bits per heavy atom. The van der Waals surface area contributed by atoms with Gasteiger partial charge < -0.3 is 4.90 Å². The first-order valence-corrected chi connectivity index (χ1v) is 27.4. The van der Waals surface area contributed by atoms with E-state index in [4.69, 9.17) is 0 Å². The number of hydrogen-bond acceptors (Lipinski definition) is 1. The molecule has 0 bridgehead atoms. The van der Waals surface area contributed by atoms with Crippen molar-refractivity contribution in [3.63, 3.8) is 0 Å². The summed E-state index contributed by atoms with van der Waals surface area (Å²) in [4.78, 5) is 2.53. The molecule has 2 fully saturated rings. The van der Waals surface area contributed by atoms with Crippen LogP contribution >= 0.6 is 0 Å². The van der Waals surface area contributed by atoms with Crippen LogP contribution in [0.5, 0.6) is 0 Å². The van der Waals surface area contributed by atoms with Gasteiger partial charge in [-0.05, 0) is 206 Å². The van der Waals surface area contributed by atoms with Crippen LogP contribution in [0.15, 0.2) is 140 Å². The van der Waals surface area contributed by atoms with Gasteiger partial charge >= 0.3 is 0 Å². The highest BCUT2D eigenvalue weighted by atomic mass is 15.1. The minimum atomic E-state index is -0.104. The lowest BCUT2D eigenvalue weighted by Crippen LogP contribution is -2.16. The third-order valence-electron chi connectivity index (χ3n) is 17.3. The zero-order chi connectivity index (χ0) is 48.4. The van der Waals surface area contributed by atoms with Gasteiger partial charge in [-0.2, -0.15) is 0 Å². The summed E-state index contributed by atoms with van der Waals surface area (Å²) in [5, 5.41) is 0. The van der Waals surface area contributed by atoms with Gasteiger partial charge in [0, 0.05) is 22.5 Å². The Hall–Kier alpha value is -5.66. The van der Waals surface area contributed by atoms with Crippen LogP contribution in [0.2, 0.25) is 0 Å². The average Bonchev–Trinajstić information content (AvgIpc) is 3.61. The first-order valence-electron chi connectivity index (χ1n) is 27.4. The Morgan fingerprint density at radius 3 is 1.63 bits per heavy atom. The molecule has 1 nitrogen and oxygen atoms in total. The van der Waals surface area contributed by atoms with Crippen LogP contribution in [0, 0.1) is 0 Å². The van der Waals surface area contributed by atoms with Gasteiger partial charge in [0.1, 0.15) is 0 Å². The third kappa shape index (κ3) is 9.01. The standard InChI is InChI=1S/C69H77N/c1-67(2,3)56-40-55(41-57(44-56)68(4,5)6)48-30-32-58(33-31-48)70(60-34-35-63-62-28-17-18-29-65(62)69(7,8)66(63)45-60)59-26-19-25-50(42-59)64-43-54(36-49-24-15-16-27-61(49)64)53-38-51(46-20-11-9-12-21-46)37-52(39-53)47-22-13-10-14-23-47/h17-19,25-26,28-47H,9-16,20-24,27H2,1-8H3. The van der Waals surface area contributed by atoms with E-state index in [0.29, 0.717) is 11.8 Å². The molecular weight excluding hydrogens is 843 g/mol. The second-order valence-corrected chi connectivity index (χ2v) is 24.6. The summed E-state index contributed by atoms with van der Waals surface area (Å²) in [6.07, 6.45) is 18.5. The minimum absolute atomic E-state index is 0.0500. The summed E-state index contributed by atoms with van der Waals surface area (Å²) in [5.41, 5.74) is 26.3. The molecule has 11 rings (SSSR count). The van der Waals surface area contributed by atoms with Gasteiger partial charge in [-0.3, -0.25) is 0 Å². The maximum absolute atomic E-state index is 2.66. The van der Waals surface area contributed by atoms with E-state index in [2.05, 4.69) is 200 Å². The topological polar surface area (TPSA) is 3.24 Å². The van der Waals surface area contributed by atoms with Crippen molar-refractivity contribution in [3.05, 3.63) is 184 Å². The zero-order valence-electron chi connectivity index (χ0n) is 43.8. The Bertz CT molecular complexity index is 2970. The fourth-order valence-corrected chi connectivity index (χ4v) is 13.0. The molecule has 7 aromatic carbocycles. The molecule has 0 aliphatic heterocycles. The van der Waals surface area contributed by atoms with Gasteiger partial charge in [-0.25, -0.2) is 0 Å². The summed E-state index contributed by atoms with van der Waals surface area (Å²) < 4.78 is 0. The SMILES string of the molecule is CC(C)(C)c1cc(-c2ccc(N(c3cccc(-c4cc(-c5cc(C6CCCCC6)cc(C6CCCCC6)c5)cc5c4CCCC5)c3)c3ccc4c(c3)C(C)(C)c3ccccc3-4)cc2)cc(C(C)(C)C)c1. The minimum Gasteiger partial charge on any atom is -0.310 e. The second-order valence-electron chi connectivity index (χ2n) is 24.6. The third-order valence-corrected chi connectivity index (χ3v) is 17.3. The van der Waals surface area contributed by atoms with Crippen LogP contribution in [0.3, 0.4) is 0 Å². The lowest BCUT2D eigenvalue weighted by Gasteiger charge is -2.29. The van der Waals surface area contributed by atoms with Crippen LogP contribution in [-0.4, -0.2) is 0 Å². The number of anilines is 3. The lowest BCUT2D eigenvalue weighted by molar-refractivity contribution is 0.435. The number of hydrogen-bond donors (Lipinski definition) is 0. The first kappa shape index (κ1) is 46.7. The molecule has 0 aromatic heterocycles. The molecule has 1 heteroatoms. The Kier molecular flexibility index (Phi) is 12.3. The van der Waals surface area contributed by atoms with E-state index in [-0.39, 0.29) is 16.2 Å². The van der Waals surface area contributed by atoms with Gasteiger partial charge in [0.25, 0.3) is 0 Å². The Labute approximate surface area is 421 Å². The van der Waals surface area contributed by atoms with Crippen molar-refractivity contribution in [2.24, 2.45) is 0 Å². The van der Waals surface area contributed by atoms with E-state index in [0.717, 1.165) is 12.8 Å². The molecule has 0 atom stereocenters. The molecule has 7 aromatic rings. The van der Waals surface area contributed by atoms with Crippen molar-refractivity contribution in [2.75, 3.05) is 4.90 Å². The van der Waals surface area contributed by atoms with Gasteiger partial charge in [0.15, 0.2) is 0 Å². The van der Waals surface area contributed by atoms with E-state index in [9.17, 15) is 0 Å². The highest BCUT2D eigenvalue weighted by Gasteiger charge is 2.36. The molecule has 4 aliphatic carbocycles. The fourth-order valence-electron chi connectivity index (χ4n) is 13.0. The molecule has 0 radical (unpaired) electrons. The molecular formula is C69H77N. The van der Waals surface area contributed by atoms with Crippen molar-refractivity contribution in [3.8, 4) is 44.5 Å². The molecule has 0 N–H and O–H groups in total. The smallest absolute Gasteiger partial charge is 0.0467 e. The van der Waals surface area contributed by atoms with E-state index < -0.39 is 0 Å². The first-order chi connectivity index (χ1) is 33.7. The Morgan fingerprint density at radius 1 is 0.400 bits per heavy atom. The largest absolute Gasteiger partial charge is 0.310 e. The molecule has 0 unspecified atom stereocenters. The maximum atomic E-state index is 2.66. The molecule has 4 aliphatic rings. The predicted octanol–water partition coefficient (Wildman–Crippen LogP) is 20.0. The average molecular weight is 920 g/mol. The van der Waals surface area contributed by atoms with E-state index in [1.807, 2.05) is 0 Å². The van der Waals surface area contributed by atoms with Crippen LogP contribution in [0.4, 0.5) is 17.1 Å². The lowest BCUT2D eigenvalue weighted by atomic mass is 9.78. The van der Waals surface area contributed by atoms with Crippen molar-refractivity contribution in [1.82, 2.24) is 0 Å². The molecule has 0 saturated heterocycles. The van der Waals surface area contributed by atoms with Crippen molar-refractivity contribution in [1.29, 1.82) is 0 Å². The quantitative estimate of drug-likeness (QED) is 0.147. The zero-order valence-corrected chi connectivity index (χ0v) is 43.8. The number of fused-ring (bicyclic) bond motifs is 4. The monoisotopic (exact) mass is 920 g/mol. The summed E-state index contributed by atoms with van der Waals surface area (Å²) in [5.74, 6) is 1.39. The van der Waals surface area contributed by atoms with Crippen molar-refractivity contribution in [2.45, 2.75) is 173 Å². The highest BCUT2D eigenvalue weighted by molar-refractivity contribution is 5.88.